The molecule has 0 saturated carbocycles. The number of amides is 3. The molecule has 8 nitrogen and oxygen atoms in total. The maximum absolute atomic E-state index is 13.3. The van der Waals surface area contributed by atoms with E-state index in [1.54, 1.807) is 34.1 Å². The fraction of sp³-hybridized carbons (Fsp3) is 0.261. The molecule has 3 aromatic rings. The van der Waals surface area contributed by atoms with Gasteiger partial charge in [-0.2, -0.15) is 0 Å². The van der Waals surface area contributed by atoms with Gasteiger partial charge in [0.05, 0.1) is 12.5 Å². The van der Waals surface area contributed by atoms with Crippen molar-refractivity contribution in [1.29, 1.82) is 0 Å². The van der Waals surface area contributed by atoms with Crippen molar-refractivity contribution in [3.63, 3.8) is 0 Å². The molecular formula is C23H23N3O5. The van der Waals surface area contributed by atoms with Crippen LogP contribution in [-0.2, 0) is 11.2 Å². The van der Waals surface area contributed by atoms with Crippen LogP contribution in [0.3, 0.4) is 0 Å². The molecule has 1 atom stereocenters. The van der Waals surface area contributed by atoms with Gasteiger partial charge in [0.1, 0.15) is 6.04 Å². The standard InChI is InChI=1S/C23H23N3O5/c27-21(19-8-4-14-30-19)24-18(16-17-6-2-1-3-7-17)22(28)25-10-12-26(13-11-25)23(29)20-9-5-15-31-20/h1-9,14-15,18H,10-13,16H2,(H,24,27). The van der Waals surface area contributed by atoms with E-state index in [9.17, 15) is 14.4 Å². The SMILES string of the molecule is O=C(NC(Cc1ccccc1)C(=O)N1CCN(C(=O)c2ccco2)CC1)c1ccco1. The second kappa shape index (κ2) is 9.34. The van der Waals surface area contributed by atoms with Crippen molar-refractivity contribution in [2.45, 2.75) is 12.5 Å². The molecule has 2 aromatic heterocycles. The van der Waals surface area contributed by atoms with Crippen LogP contribution >= 0.6 is 0 Å². The van der Waals surface area contributed by atoms with Gasteiger partial charge in [-0.25, -0.2) is 0 Å². The molecule has 1 aliphatic rings. The van der Waals surface area contributed by atoms with Gasteiger partial charge in [-0.3, -0.25) is 14.4 Å². The third kappa shape index (κ3) is 4.85. The van der Waals surface area contributed by atoms with Gasteiger partial charge in [0.15, 0.2) is 11.5 Å². The predicted molar refractivity (Wildman–Crippen MR) is 111 cm³/mol. The largest absolute Gasteiger partial charge is 0.459 e. The van der Waals surface area contributed by atoms with Crippen molar-refractivity contribution in [3.05, 3.63) is 84.2 Å². The van der Waals surface area contributed by atoms with Gasteiger partial charge in [-0.1, -0.05) is 30.3 Å². The molecule has 1 fully saturated rings. The van der Waals surface area contributed by atoms with Crippen molar-refractivity contribution in [2.24, 2.45) is 0 Å². The Morgan fingerprint density at radius 2 is 1.42 bits per heavy atom. The summed E-state index contributed by atoms with van der Waals surface area (Å²) in [7, 11) is 0. The highest BCUT2D eigenvalue weighted by Crippen LogP contribution is 2.13. The molecule has 31 heavy (non-hydrogen) atoms. The molecule has 1 unspecified atom stereocenters. The van der Waals surface area contributed by atoms with E-state index in [1.807, 2.05) is 30.3 Å². The second-order valence-corrected chi connectivity index (χ2v) is 7.29. The van der Waals surface area contributed by atoms with E-state index in [2.05, 4.69) is 5.32 Å². The molecule has 1 aromatic carbocycles. The normalized spacial score (nSPS) is 14.8. The lowest BCUT2D eigenvalue weighted by atomic mass is 10.0. The first kappa shape index (κ1) is 20.5. The quantitative estimate of drug-likeness (QED) is 0.658. The molecule has 1 aliphatic heterocycles. The zero-order chi connectivity index (χ0) is 21.6. The highest BCUT2D eigenvalue weighted by atomic mass is 16.3. The molecule has 0 aliphatic carbocycles. The summed E-state index contributed by atoms with van der Waals surface area (Å²) in [5, 5.41) is 2.80. The minimum atomic E-state index is -0.743. The average molecular weight is 421 g/mol. The van der Waals surface area contributed by atoms with Gasteiger partial charge in [-0.05, 0) is 29.8 Å². The van der Waals surface area contributed by atoms with Crippen LogP contribution in [0.1, 0.15) is 26.7 Å². The second-order valence-electron chi connectivity index (χ2n) is 7.29. The first-order chi connectivity index (χ1) is 15.1. The Labute approximate surface area is 179 Å². The summed E-state index contributed by atoms with van der Waals surface area (Å²) in [6.07, 6.45) is 3.23. The number of hydrogen-bond donors (Lipinski definition) is 1. The molecule has 1 N–H and O–H groups in total. The van der Waals surface area contributed by atoms with Crippen molar-refractivity contribution in [2.75, 3.05) is 26.2 Å². The van der Waals surface area contributed by atoms with Crippen LogP contribution in [0.2, 0.25) is 0 Å². The number of hydrogen-bond acceptors (Lipinski definition) is 5. The van der Waals surface area contributed by atoms with E-state index >= 15 is 0 Å². The number of nitrogens with one attached hydrogen (secondary N) is 1. The molecule has 8 heteroatoms. The number of nitrogens with zero attached hydrogens (tertiary/aromatic N) is 2. The van der Waals surface area contributed by atoms with Crippen LogP contribution in [0, 0.1) is 0 Å². The molecule has 4 rings (SSSR count). The Kier molecular flexibility index (Phi) is 6.16. The van der Waals surface area contributed by atoms with E-state index < -0.39 is 11.9 Å². The van der Waals surface area contributed by atoms with E-state index in [4.69, 9.17) is 8.83 Å². The molecule has 0 radical (unpaired) electrons. The lowest BCUT2D eigenvalue weighted by Crippen LogP contribution is -2.56. The van der Waals surface area contributed by atoms with E-state index in [0.717, 1.165) is 5.56 Å². The van der Waals surface area contributed by atoms with E-state index in [0.29, 0.717) is 32.6 Å². The summed E-state index contributed by atoms with van der Waals surface area (Å²) in [6, 6.07) is 15.2. The number of carbonyl (C=O) groups excluding carboxylic acids is 3. The van der Waals surface area contributed by atoms with Crippen LogP contribution in [-0.4, -0.2) is 59.7 Å². The highest BCUT2D eigenvalue weighted by Gasteiger charge is 2.31. The molecule has 0 spiro atoms. The summed E-state index contributed by atoms with van der Waals surface area (Å²) in [5.74, 6) is -0.379. The minimum absolute atomic E-state index is 0.153. The van der Waals surface area contributed by atoms with Crippen LogP contribution in [0.15, 0.2) is 76.0 Å². The summed E-state index contributed by atoms with van der Waals surface area (Å²) < 4.78 is 10.3. The molecular weight excluding hydrogens is 398 g/mol. The Bertz CT molecular complexity index is 1010. The number of furan rings is 2. The maximum Gasteiger partial charge on any atom is 0.289 e. The monoisotopic (exact) mass is 421 g/mol. The van der Waals surface area contributed by atoms with Crippen LogP contribution < -0.4 is 5.32 Å². The van der Waals surface area contributed by atoms with Crippen LogP contribution in [0.4, 0.5) is 0 Å². The summed E-state index contributed by atoms with van der Waals surface area (Å²) in [5.41, 5.74) is 0.937. The summed E-state index contributed by atoms with van der Waals surface area (Å²) in [6.45, 7) is 1.56. The summed E-state index contributed by atoms with van der Waals surface area (Å²) in [4.78, 5) is 41.6. The van der Waals surface area contributed by atoms with Crippen LogP contribution in [0.25, 0.3) is 0 Å². The molecule has 1 saturated heterocycles. The first-order valence-electron chi connectivity index (χ1n) is 10.1. The van der Waals surface area contributed by atoms with Gasteiger partial charge in [0.25, 0.3) is 11.8 Å². The molecule has 3 amide bonds. The Hall–Kier alpha value is -3.81. The highest BCUT2D eigenvalue weighted by molar-refractivity contribution is 5.96. The number of carbonyl (C=O) groups is 3. The molecule has 0 bridgehead atoms. The Morgan fingerprint density at radius 3 is 2.03 bits per heavy atom. The minimum Gasteiger partial charge on any atom is -0.459 e. The lowest BCUT2D eigenvalue weighted by Gasteiger charge is -2.36. The Balaban J connectivity index is 1.42. The lowest BCUT2D eigenvalue weighted by molar-refractivity contribution is -0.134. The zero-order valence-corrected chi connectivity index (χ0v) is 16.9. The zero-order valence-electron chi connectivity index (χ0n) is 16.9. The van der Waals surface area contributed by atoms with Gasteiger partial charge in [0, 0.05) is 32.6 Å². The van der Waals surface area contributed by atoms with E-state index in [-0.39, 0.29) is 23.3 Å². The maximum atomic E-state index is 13.3. The van der Waals surface area contributed by atoms with Crippen molar-refractivity contribution in [1.82, 2.24) is 15.1 Å². The van der Waals surface area contributed by atoms with Crippen molar-refractivity contribution >= 4 is 17.7 Å². The number of piperazine rings is 1. The van der Waals surface area contributed by atoms with Gasteiger partial charge < -0.3 is 24.0 Å². The smallest absolute Gasteiger partial charge is 0.289 e. The van der Waals surface area contributed by atoms with Gasteiger partial charge >= 0.3 is 0 Å². The van der Waals surface area contributed by atoms with Crippen molar-refractivity contribution < 1.29 is 23.2 Å². The number of benzene rings is 1. The topological polar surface area (TPSA) is 96.0 Å². The van der Waals surface area contributed by atoms with Gasteiger partial charge in [-0.15, -0.1) is 0 Å². The third-order valence-electron chi connectivity index (χ3n) is 5.24. The molecule has 3 heterocycles. The van der Waals surface area contributed by atoms with Crippen molar-refractivity contribution in [3.8, 4) is 0 Å². The number of rotatable bonds is 6. The first-order valence-corrected chi connectivity index (χ1v) is 10.1. The fourth-order valence-corrected chi connectivity index (χ4v) is 3.59. The third-order valence-corrected chi connectivity index (χ3v) is 5.24. The summed E-state index contributed by atoms with van der Waals surface area (Å²) >= 11 is 0. The van der Waals surface area contributed by atoms with Gasteiger partial charge in [0.2, 0.25) is 5.91 Å². The Morgan fingerprint density at radius 1 is 0.806 bits per heavy atom. The average Bonchev–Trinajstić information content (AvgIpc) is 3.53. The fourth-order valence-electron chi connectivity index (χ4n) is 3.59. The molecule has 160 valence electrons. The van der Waals surface area contributed by atoms with E-state index in [1.165, 1.54) is 12.5 Å². The predicted octanol–water partition coefficient (Wildman–Crippen LogP) is 2.20. The van der Waals surface area contributed by atoms with Crippen LogP contribution in [0.5, 0.6) is 0 Å².